The van der Waals surface area contributed by atoms with Crippen LogP contribution in [0, 0.1) is 5.92 Å². The summed E-state index contributed by atoms with van der Waals surface area (Å²) in [6.07, 6.45) is 1.37. The maximum absolute atomic E-state index is 12.0. The van der Waals surface area contributed by atoms with Gasteiger partial charge in [0.25, 0.3) is 0 Å². The molecule has 0 radical (unpaired) electrons. The lowest BCUT2D eigenvalue weighted by atomic mass is 9.95. The normalized spacial score (nSPS) is 13.2. The van der Waals surface area contributed by atoms with Crippen LogP contribution in [0.5, 0.6) is 0 Å². The maximum atomic E-state index is 12.0. The number of hydrogen-bond donors (Lipinski definition) is 1. The molecule has 0 spiro atoms. The molecule has 4 nitrogen and oxygen atoms in total. The van der Waals surface area contributed by atoms with E-state index in [0.717, 1.165) is 18.4 Å². The quantitative estimate of drug-likeness (QED) is 0.673. The first-order chi connectivity index (χ1) is 12.2. The highest BCUT2D eigenvalue weighted by atomic mass is 16.5. The number of ether oxygens (including phenoxy) is 2. The largest absolute Gasteiger partial charge is 0.469 e. The molecule has 2 aromatic rings. The average molecular weight is 342 g/mol. The molecule has 0 saturated heterocycles. The summed E-state index contributed by atoms with van der Waals surface area (Å²) in [5.41, 5.74) is 2.26. The van der Waals surface area contributed by atoms with Crippen LogP contribution in [0.3, 0.4) is 0 Å². The van der Waals surface area contributed by atoms with Crippen molar-refractivity contribution < 1.29 is 19.4 Å². The molecular formula is C21H26O4. The van der Waals surface area contributed by atoms with Crippen molar-refractivity contribution in [1.82, 2.24) is 0 Å². The predicted molar refractivity (Wildman–Crippen MR) is 97.0 cm³/mol. The predicted octanol–water partition coefficient (Wildman–Crippen LogP) is 3.38. The van der Waals surface area contributed by atoms with E-state index >= 15 is 0 Å². The van der Waals surface area contributed by atoms with Crippen LogP contribution in [0.25, 0.3) is 0 Å². The number of aliphatic hydroxyl groups excluding tert-OH is 1. The third-order valence-electron chi connectivity index (χ3n) is 4.19. The van der Waals surface area contributed by atoms with Gasteiger partial charge in [-0.2, -0.15) is 0 Å². The van der Waals surface area contributed by atoms with Crippen LogP contribution < -0.4 is 0 Å². The topological polar surface area (TPSA) is 55.8 Å². The van der Waals surface area contributed by atoms with Crippen molar-refractivity contribution in [2.75, 3.05) is 13.7 Å². The molecule has 0 saturated carbocycles. The van der Waals surface area contributed by atoms with E-state index in [9.17, 15) is 9.90 Å². The van der Waals surface area contributed by atoms with E-state index in [1.165, 1.54) is 12.7 Å². The van der Waals surface area contributed by atoms with Gasteiger partial charge in [0.15, 0.2) is 0 Å². The molecule has 0 aliphatic rings. The Bertz CT molecular complexity index is 612. The second kappa shape index (κ2) is 10.6. The van der Waals surface area contributed by atoms with Gasteiger partial charge in [0.2, 0.25) is 0 Å². The van der Waals surface area contributed by atoms with E-state index < -0.39 is 12.0 Å². The van der Waals surface area contributed by atoms with Crippen molar-refractivity contribution in [3.05, 3.63) is 71.8 Å². The molecule has 1 unspecified atom stereocenters. The Kier molecular flexibility index (Phi) is 8.16. The Labute approximate surface area is 149 Å². The highest BCUT2D eigenvalue weighted by Crippen LogP contribution is 2.17. The van der Waals surface area contributed by atoms with Gasteiger partial charge in [-0.15, -0.1) is 0 Å². The minimum atomic E-state index is -0.869. The Morgan fingerprint density at radius 1 is 1.00 bits per heavy atom. The Morgan fingerprint density at radius 2 is 1.60 bits per heavy atom. The highest BCUT2D eigenvalue weighted by Gasteiger charge is 2.27. The van der Waals surface area contributed by atoms with E-state index in [-0.39, 0.29) is 12.6 Å². The summed E-state index contributed by atoms with van der Waals surface area (Å²) in [5, 5.41) is 10.4. The van der Waals surface area contributed by atoms with Gasteiger partial charge in [-0.1, -0.05) is 60.7 Å². The SMILES string of the molecule is COC(=O)C(CCCc1ccccc1)[C@H](O)COCc1ccccc1. The van der Waals surface area contributed by atoms with Crippen LogP contribution in [0.2, 0.25) is 0 Å². The van der Waals surface area contributed by atoms with E-state index in [1.54, 1.807) is 0 Å². The number of aryl methyl sites for hydroxylation is 1. The van der Waals surface area contributed by atoms with Gasteiger partial charge in [0, 0.05) is 0 Å². The molecule has 4 heteroatoms. The molecule has 25 heavy (non-hydrogen) atoms. The zero-order valence-corrected chi connectivity index (χ0v) is 14.6. The van der Waals surface area contributed by atoms with Gasteiger partial charge in [-0.25, -0.2) is 0 Å². The van der Waals surface area contributed by atoms with Crippen LogP contribution in [0.1, 0.15) is 24.0 Å². The molecule has 2 aromatic carbocycles. The lowest BCUT2D eigenvalue weighted by molar-refractivity contribution is -0.151. The maximum Gasteiger partial charge on any atom is 0.311 e. The van der Waals surface area contributed by atoms with Crippen molar-refractivity contribution in [3.8, 4) is 0 Å². The monoisotopic (exact) mass is 342 g/mol. The molecular weight excluding hydrogens is 316 g/mol. The van der Waals surface area contributed by atoms with E-state index in [0.29, 0.717) is 13.0 Å². The zero-order chi connectivity index (χ0) is 17.9. The van der Waals surface area contributed by atoms with Crippen LogP contribution in [0.15, 0.2) is 60.7 Å². The fourth-order valence-corrected chi connectivity index (χ4v) is 2.78. The summed E-state index contributed by atoms with van der Waals surface area (Å²) in [5.74, 6) is -0.951. The van der Waals surface area contributed by atoms with Crippen molar-refractivity contribution in [1.29, 1.82) is 0 Å². The van der Waals surface area contributed by atoms with Crippen molar-refractivity contribution >= 4 is 5.97 Å². The van der Waals surface area contributed by atoms with E-state index in [2.05, 4.69) is 12.1 Å². The minimum absolute atomic E-state index is 0.111. The molecule has 2 rings (SSSR count). The lowest BCUT2D eigenvalue weighted by Gasteiger charge is -2.21. The smallest absolute Gasteiger partial charge is 0.311 e. The van der Waals surface area contributed by atoms with Crippen molar-refractivity contribution in [2.24, 2.45) is 5.92 Å². The number of aliphatic hydroxyl groups is 1. The Balaban J connectivity index is 1.80. The number of carbonyl (C=O) groups is 1. The molecule has 2 atom stereocenters. The van der Waals surface area contributed by atoms with Crippen LogP contribution in [-0.4, -0.2) is 30.9 Å². The van der Waals surface area contributed by atoms with Gasteiger partial charge < -0.3 is 14.6 Å². The average Bonchev–Trinajstić information content (AvgIpc) is 2.66. The molecule has 0 heterocycles. The highest BCUT2D eigenvalue weighted by molar-refractivity contribution is 5.72. The van der Waals surface area contributed by atoms with E-state index in [4.69, 9.17) is 9.47 Å². The minimum Gasteiger partial charge on any atom is -0.469 e. The number of esters is 1. The third kappa shape index (κ3) is 6.69. The molecule has 0 aromatic heterocycles. The lowest BCUT2D eigenvalue weighted by Crippen LogP contribution is -2.33. The summed E-state index contributed by atoms with van der Waals surface area (Å²) in [7, 11) is 1.35. The third-order valence-corrected chi connectivity index (χ3v) is 4.19. The van der Waals surface area contributed by atoms with Crippen LogP contribution >= 0.6 is 0 Å². The Morgan fingerprint density at radius 3 is 2.20 bits per heavy atom. The summed E-state index contributed by atoms with van der Waals surface area (Å²) < 4.78 is 10.4. The van der Waals surface area contributed by atoms with E-state index in [1.807, 2.05) is 48.5 Å². The summed E-state index contributed by atoms with van der Waals surface area (Å²) in [4.78, 5) is 12.0. The molecule has 0 aliphatic heterocycles. The summed E-state index contributed by atoms with van der Waals surface area (Å²) >= 11 is 0. The number of rotatable bonds is 10. The second-order valence-electron chi connectivity index (χ2n) is 6.08. The van der Waals surface area contributed by atoms with Gasteiger partial charge >= 0.3 is 5.97 Å². The fourth-order valence-electron chi connectivity index (χ4n) is 2.78. The van der Waals surface area contributed by atoms with Crippen molar-refractivity contribution in [2.45, 2.75) is 32.0 Å². The molecule has 0 fully saturated rings. The molecule has 0 bridgehead atoms. The van der Waals surface area contributed by atoms with Gasteiger partial charge in [-0.3, -0.25) is 4.79 Å². The Hall–Kier alpha value is -2.17. The number of carbonyl (C=O) groups excluding carboxylic acids is 1. The van der Waals surface area contributed by atoms with Crippen LogP contribution in [0.4, 0.5) is 0 Å². The first-order valence-electron chi connectivity index (χ1n) is 8.62. The summed E-state index contributed by atoms with van der Waals surface area (Å²) in [6, 6.07) is 19.9. The first kappa shape index (κ1) is 19.2. The number of hydrogen-bond acceptors (Lipinski definition) is 4. The summed E-state index contributed by atoms with van der Waals surface area (Å²) in [6.45, 7) is 0.524. The van der Waals surface area contributed by atoms with Gasteiger partial charge in [-0.05, 0) is 30.4 Å². The molecule has 1 N–H and O–H groups in total. The first-order valence-corrected chi connectivity index (χ1v) is 8.62. The van der Waals surface area contributed by atoms with Crippen LogP contribution in [-0.2, 0) is 27.3 Å². The molecule has 0 amide bonds. The van der Waals surface area contributed by atoms with Crippen molar-refractivity contribution in [3.63, 3.8) is 0 Å². The second-order valence-corrected chi connectivity index (χ2v) is 6.08. The van der Waals surface area contributed by atoms with Gasteiger partial charge in [0.05, 0.1) is 32.3 Å². The number of methoxy groups -OCH3 is 1. The zero-order valence-electron chi connectivity index (χ0n) is 14.6. The number of benzene rings is 2. The molecule has 0 aliphatic carbocycles. The fraction of sp³-hybridized carbons (Fsp3) is 0.381. The van der Waals surface area contributed by atoms with Gasteiger partial charge in [0.1, 0.15) is 0 Å². The molecule has 134 valence electrons. The standard InChI is InChI=1S/C21H26O4/c1-24-21(23)19(14-8-13-17-9-4-2-5-10-17)20(22)16-25-15-18-11-6-3-7-12-18/h2-7,9-12,19-20,22H,8,13-16H2,1H3/t19?,20-/m1/s1.